The Morgan fingerprint density at radius 3 is 2.46 bits per heavy atom. The van der Waals surface area contributed by atoms with Crippen molar-refractivity contribution in [1.29, 1.82) is 5.26 Å². The number of ether oxygens (including phenoxy) is 1. The van der Waals surface area contributed by atoms with Crippen molar-refractivity contribution >= 4 is 23.2 Å². The van der Waals surface area contributed by atoms with E-state index in [0.717, 1.165) is 11.3 Å². The van der Waals surface area contributed by atoms with Crippen LogP contribution < -0.4 is 20.3 Å². The molecule has 0 saturated carbocycles. The number of carbonyl (C=O) groups excluding carboxylic acids is 2. The van der Waals surface area contributed by atoms with E-state index >= 15 is 0 Å². The Hall–Kier alpha value is -3.37. The van der Waals surface area contributed by atoms with Crippen molar-refractivity contribution in [3.63, 3.8) is 0 Å². The van der Waals surface area contributed by atoms with Crippen molar-refractivity contribution in [2.75, 3.05) is 37.4 Å². The molecular weight excluding hydrogens is 356 g/mol. The largest absolute Gasteiger partial charge is 0.495 e. The number of nitriles is 1. The number of quaternary nitrogens is 1. The molecule has 0 aromatic heterocycles. The highest BCUT2D eigenvalue weighted by atomic mass is 16.5. The molecule has 7 heteroatoms. The molecule has 0 spiro atoms. The lowest BCUT2D eigenvalue weighted by molar-refractivity contribution is -0.883. The highest BCUT2D eigenvalue weighted by Crippen LogP contribution is 2.22. The molecule has 0 aliphatic carbocycles. The summed E-state index contributed by atoms with van der Waals surface area (Å²) in [5.41, 5.74) is 1.65. The first-order chi connectivity index (χ1) is 13.5. The maximum absolute atomic E-state index is 12.4. The third kappa shape index (κ3) is 6.41. The number of rotatable bonds is 9. The normalized spacial score (nSPS) is 11.2. The van der Waals surface area contributed by atoms with Gasteiger partial charge in [-0.05, 0) is 36.8 Å². The molecule has 3 N–H and O–H groups in total. The van der Waals surface area contributed by atoms with E-state index in [-0.39, 0.29) is 24.9 Å². The van der Waals surface area contributed by atoms with Gasteiger partial charge in [-0.1, -0.05) is 25.1 Å². The number of anilines is 2. The van der Waals surface area contributed by atoms with Gasteiger partial charge in [0.1, 0.15) is 5.75 Å². The first-order valence-corrected chi connectivity index (χ1v) is 9.12. The SMILES string of the molecule is CCC[NH+](CC(=O)Nc1cccc(C#N)c1)CC(=O)Nc1ccccc1OC. The maximum Gasteiger partial charge on any atom is 0.279 e. The molecule has 2 amide bonds. The van der Waals surface area contributed by atoms with E-state index in [1.165, 1.54) is 0 Å². The van der Waals surface area contributed by atoms with Crippen molar-refractivity contribution in [1.82, 2.24) is 0 Å². The van der Waals surface area contributed by atoms with Crippen molar-refractivity contribution in [2.45, 2.75) is 13.3 Å². The fraction of sp³-hybridized carbons (Fsp3) is 0.286. The van der Waals surface area contributed by atoms with Crippen LogP contribution in [0.4, 0.5) is 11.4 Å². The zero-order valence-electron chi connectivity index (χ0n) is 16.1. The molecule has 28 heavy (non-hydrogen) atoms. The van der Waals surface area contributed by atoms with E-state index in [4.69, 9.17) is 10.00 Å². The van der Waals surface area contributed by atoms with Gasteiger partial charge in [0.2, 0.25) is 0 Å². The Kier molecular flexibility index (Phi) is 8.00. The van der Waals surface area contributed by atoms with Crippen LogP contribution in [-0.4, -0.2) is 38.6 Å². The van der Waals surface area contributed by atoms with Crippen molar-refractivity contribution in [2.24, 2.45) is 0 Å². The van der Waals surface area contributed by atoms with Gasteiger partial charge in [0.15, 0.2) is 13.1 Å². The molecule has 7 nitrogen and oxygen atoms in total. The fourth-order valence-electron chi connectivity index (χ4n) is 2.86. The number of nitrogens with zero attached hydrogens (tertiary/aromatic N) is 1. The Morgan fingerprint density at radius 2 is 1.79 bits per heavy atom. The molecule has 0 heterocycles. The van der Waals surface area contributed by atoms with E-state index in [1.54, 1.807) is 43.5 Å². The average molecular weight is 381 g/mol. The molecule has 0 aliphatic rings. The third-order valence-corrected chi connectivity index (χ3v) is 4.08. The van der Waals surface area contributed by atoms with Gasteiger partial charge in [0.05, 0.1) is 31.0 Å². The lowest BCUT2D eigenvalue weighted by Crippen LogP contribution is -3.14. The molecule has 0 saturated heterocycles. The summed E-state index contributed by atoms with van der Waals surface area (Å²) in [6.07, 6.45) is 0.842. The van der Waals surface area contributed by atoms with Crippen LogP contribution >= 0.6 is 0 Å². The zero-order chi connectivity index (χ0) is 20.4. The molecule has 2 rings (SSSR count). The quantitative estimate of drug-likeness (QED) is 0.612. The highest BCUT2D eigenvalue weighted by molar-refractivity contribution is 5.94. The minimum atomic E-state index is -0.205. The number of hydrogen-bond acceptors (Lipinski definition) is 4. The zero-order valence-corrected chi connectivity index (χ0v) is 16.1. The van der Waals surface area contributed by atoms with Crippen LogP contribution in [0.2, 0.25) is 0 Å². The molecular formula is C21H25N4O3+. The van der Waals surface area contributed by atoms with Gasteiger partial charge in [0, 0.05) is 5.69 Å². The first kappa shape index (κ1) is 20.9. The monoisotopic (exact) mass is 381 g/mol. The standard InChI is InChI=1S/C21H24N4O3/c1-3-11-25(14-20(26)23-17-8-6-7-16(12-17)13-22)15-21(27)24-18-9-4-5-10-19(18)28-2/h4-10,12H,3,11,14-15H2,1-2H3,(H,23,26)(H,24,27)/p+1. The minimum absolute atomic E-state index is 0.157. The molecule has 0 bridgehead atoms. The summed E-state index contributed by atoms with van der Waals surface area (Å²) in [6.45, 7) is 3.01. The predicted molar refractivity (Wildman–Crippen MR) is 107 cm³/mol. The molecule has 2 aromatic rings. The molecule has 2 aromatic carbocycles. The topological polar surface area (TPSA) is 95.7 Å². The Morgan fingerprint density at radius 1 is 1.07 bits per heavy atom. The fourth-order valence-corrected chi connectivity index (χ4v) is 2.86. The lowest BCUT2D eigenvalue weighted by atomic mass is 10.2. The van der Waals surface area contributed by atoms with Gasteiger partial charge in [0.25, 0.3) is 11.8 Å². The summed E-state index contributed by atoms with van der Waals surface area (Å²) >= 11 is 0. The number of hydrogen-bond donors (Lipinski definition) is 3. The van der Waals surface area contributed by atoms with E-state index in [0.29, 0.717) is 29.2 Å². The third-order valence-electron chi connectivity index (χ3n) is 4.08. The van der Waals surface area contributed by atoms with Crippen LogP contribution in [0.3, 0.4) is 0 Å². The van der Waals surface area contributed by atoms with Gasteiger partial charge in [-0.25, -0.2) is 0 Å². The molecule has 1 unspecified atom stereocenters. The summed E-state index contributed by atoms with van der Waals surface area (Å²) in [6, 6.07) is 16.0. The summed E-state index contributed by atoms with van der Waals surface area (Å²) in [5.74, 6) is 0.193. The predicted octanol–water partition coefficient (Wildman–Crippen LogP) is 1.44. The molecule has 0 radical (unpaired) electrons. The number of para-hydroxylation sites is 2. The second-order valence-corrected chi connectivity index (χ2v) is 6.34. The molecule has 1 atom stereocenters. The van der Waals surface area contributed by atoms with E-state index < -0.39 is 0 Å². The van der Waals surface area contributed by atoms with Crippen LogP contribution in [-0.2, 0) is 9.59 Å². The Balaban J connectivity index is 1.95. The number of carbonyl (C=O) groups is 2. The summed E-state index contributed by atoms with van der Waals surface area (Å²) in [5, 5.41) is 14.6. The molecule has 146 valence electrons. The number of benzene rings is 2. The minimum Gasteiger partial charge on any atom is -0.495 e. The van der Waals surface area contributed by atoms with Crippen molar-refractivity contribution in [3.05, 3.63) is 54.1 Å². The molecule has 0 aliphatic heterocycles. The van der Waals surface area contributed by atoms with E-state index in [9.17, 15) is 9.59 Å². The van der Waals surface area contributed by atoms with Crippen LogP contribution in [0.25, 0.3) is 0 Å². The molecule has 0 fully saturated rings. The maximum atomic E-state index is 12.4. The van der Waals surface area contributed by atoms with Gasteiger partial charge in [-0.15, -0.1) is 0 Å². The van der Waals surface area contributed by atoms with Crippen LogP contribution in [0, 0.1) is 11.3 Å². The second-order valence-electron chi connectivity index (χ2n) is 6.34. The Labute approximate surface area is 164 Å². The van der Waals surface area contributed by atoms with Crippen LogP contribution in [0.1, 0.15) is 18.9 Å². The number of amides is 2. The summed E-state index contributed by atoms with van der Waals surface area (Å²) < 4.78 is 5.24. The average Bonchev–Trinajstić information content (AvgIpc) is 2.68. The van der Waals surface area contributed by atoms with Gasteiger partial charge >= 0.3 is 0 Å². The smallest absolute Gasteiger partial charge is 0.279 e. The number of methoxy groups -OCH3 is 1. The lowest BCUT2D eigenvalue weighted by Gasteiger charge is -2.18. The summed E-state index contributed by atoms with van der Waals surface area (Å²) in [7, 11) is 1.55. The first-order valence-electron chi connectivity index (χ1n) is 9.12. The van der Waals surface area contributed by atoms with E-state index in [2.05, 4.69) is 10.6 Å². The van der Waals surface area contributed by atoms with Gasteiger partial charge in [-0.2, -0.15) is 5.26 Å². The van der Waals surface area contributed by atoms with Crippen molar-refractivity contribution in [3.8, 4) is 11.8 Å². The highest BCUT2D eigenvalue weighted by Gasteiger charge is 2.18. The van der Waals surface area contributed by atoms with E-state index in [1.807, 2.05) is 25.1 Å². The van der Waals surface area contributed by atoms with Gasteiger partial charge in [-0.3, -0.25) is 9.59 Å². The Bertz CT molecular complexity index is 861. The number of nitrogens with one attached hydrogen (secondary N) is 3. The van der Waals surface area contributed by atoms with Crippen LogP contribution in [0.15, 0.2) is 48.5 Å². The second kappa shape index (κ2) is 10.7. The summed E-state index contributed by atoms with van der Waals surface area (Å²) in [4.78, 5) is 25.7. The van der Waals surface area contributed by atoms with Gasteiger partial charge < -0.3 is 20.3 Å². The van der Waals surface area contributed by atoms with Crippen molar-refractivity contribution < 1.29 is 19.2 Å². The van der Waals surface area contributed by atoms with Crippen LogP contribution in [0.5, 0.6) is 5.75 Å².